The zero-order valence-corrected chi connectivity index (χ0v) is 16.8. The fourth-order valence-corrected chi connectivity index (χ4v) is 4.70. The van der Waals surface area contributed by atoms with Gasteiger partial charge in [0.15, 0.2) is 0 Å². The maximum absolute atomic E-state index is 12.8. The maximum Gasteiger partial charge on any atom is 0.125 e. The quantitative estimate of drug-likeness (QED) is 0.752. The Bertz CT molecular complexity index is 1010. The number of allylic oxidation sites excluding steroid dienone is 2. The van der Waals surface area contributed by atoms with Crippen molar-refractivity contribution < 1.29 is 8.95 Å². The highest BCUT2D eigenvalue weighted by Gasteiger charge is 2.57. The molecule has 3 unspecified atom stereocenters. The molecule has 28 heavy (non-hydrogen) atoms. The SMILES string of the molecule is C=C(NC12CC1C=C(n1cccc1)C=C2N)S(=O)Cc1nccc(OC)c1C. The zero-order valence-electron chi connectivity index (χ0n) is 16.0. The van der Waals surface area contributed by atoms with Crippen LogP contribution in [0.1, 0.15) is 17.7 Å². The molecule has 0 radical (unpaired) electrons. The summed E-state index contributed by atoms with van der Waals surface area (Å²) >= 11 is 0. The van der Waals surface area contributed by atoms with Crippen molar-refractivity contribution in [3.8, 4) is 5.75 Å². The molecule has 4 rings (SSSR count). The molecule has 7 heteroatoms. The van der Waals surface area contributed by atoms with Crippen LogP contribution in [0.4, 0.5) is 0 Å². The third kappa shape index (κ3) is 3.16. The van der Waals surface area contributed by atoms with E-state index in [0.717, 1.165) is 34.8 Å². The number of ether oxygens (including phenoxy) is 1. The molecular weight excluding hydrogens is 372 g/mol. The van der Waals surface area contributed by atoms with Gasteiger partial charge in [-0.05, 0) is 37.6 Å². The lowest BCUT2D eigenvalue weighted by molar-refractivity contribution is 0.410. The lowest BCUT2D eigenvalue weighted by Gasteiger charge is -2.25. The summed E-state index contributed by atoms with van der Waals surface area (Å²) in [4.78, 5) is 4.35. The highest BCUT2D eigenvalue weighted by Crippen LogP contribution is 2.52. The normalized spacial score (nSPS) is 23.9. The van der Waals surface area contributed by atoms with E-state index >= 15 is 0 Å². The topological polar surface area (TPSA) is 82.2 Å². The Morgan fingerprint density at radius 2 is 2.25 bits per heavy atom. The molecular formula is C21H24N4O2S. The highest BCUT2D eigenvalue weighted by atomic mass is 32.2. The monoisotopic (exact) mass is 396 g/mol. The number of rotatable bonds is 7. The Kier molecular flexibility index (Phi) is 4.63. The van der Waals surface area contributed by atoms with Gasteiger partial charge in [-0.15, -0.1) is 0 Å². The van der Waals surface area contributed by atoms with Gasteiger partial charge in [0.25, 0.3) is 0 Å². The van der Waals surface area contributed by atoms with E-state index in [0.29, 0.717) is 5.03 Å². The Labute approximate surface area is 167 Å². The minimum Gasteiger partial charge on any atom is -0.496 e. The molecule has 2 aromatic rings. The first-order chi connectivity index (χ1) is 13.4. The number of hydrogen-bond donors (Lipinski definition) is 2. The number of nitrogens with two attached hydrogens (primary N) is 1. The minimum absolute atomic E-state index is 0.264. The molecule has 3 atom stereocenters. The lowest BCUT2D eigenvalue weighted by Crippen LogP contribution is -2.40. The van der Waals surface area contributed by atoms with Crippen molar-refractivity contribution in [1.29, 1.82) is 0 Å². The second-order valence-electron chi connectivity index (χ2n) is 7.19. The highest BCUT2D eigenvalue weighted by molar-refractivity contribution is 7.88. The molecule has 2 aromatic heterocycles. The van der Waals surface area contributed by atoms with Gasteiger partial charge >= 0.3 is 0 Å². The summed E-state index contributed by atoms with van der Waals surface area (Å²) in [6, 6.07) is 5.76. The molecule has 2 aliphatic rings. The van der Waals surface area contributed by atoms with Crippen LogP contribution in [0.2, 0.25) is 0 Å². The van der Waals surface area contributed by atoms with Crippen LogP contribution in [0.3, 0.4) is 0 Å². The van der Waals surface area contributed by atoms with E-state index in [1.165, 1.54) is 0 Å². The van der Waals surface area contributed by atoms with Crippen molar-refractivity contribution in [1.82, 2.24) is 14.9 Å². The maximum atomic E-state index is 12.8. The molecule has 0 amide bonds. The van der Waals surface area contributed by atoms with Crippen molar-refractivity contribution in [2.75, 3.05) is 7.11 Å². The van der Waals surface area contributed by atoms with Crippen LogP contribution in [-0.2, 0) is 16.6 Å². The molecule has 2 aliphatic carbocycles. The fourth-order valence-electron chi connectivity index (χ4n) is 3.69. The summed E-state index contributed by atoms with van der Waals surface area (Å²) < 4.78 is 20.2. The Balaban J connectivity index is 1.45. The van der Waals surface area contributed by atoms with Crippen LogP contribution in [0, 0.1) is 12.8 Å². The lowest BCUT2D eigenvalue weighted by atomic mass is 10.0. The van der Waals surface area contributed by atoms with Crippen molar-refractivity contribution >= 4 is 16.5 Å². The van der Waals surface area contributed by atoms with E-state index in [1.807, 2.05) is 42.1 Å². The number of fused-ring (bicyclic) bond motifs is 1. The first-order valence-corrected chi connectivity index (χ1v) is 10.4. The number of nitrogens with zero attached hydrogens (tertiary/aromatic N) is 2. The van der Waals surface area contributed by atoms with Crippen LogP contribution in [0.15, 0.2) is 66.2 Å². The molecule has 3 N–H and O–H groups in total. The van der Waals surface area contributed by atoms with Gasteiger partial charge < -0.3 is 20.4 Å². The molecule has 0 bridgehead atoms. The van der Waals surface area contributed by atoms with E-state index < -0.39 is 10.8 Å². The summed E-state index contributed by atoms with van der Waals surface area (Å²) in [5, 5.41) is 3.83. The smallest absolute Gasteiger partial charge is 0.125 e. The summed E-state index contributed by atoms with van der Waals surface area (Å²) in [6.45, 7) is 5.93. The average molecular weight is 397 g/mol. The van der Waals surface area contributed by atoms with Crippen LogP contribution < -0.4 is 15.8 Å². The second kappa shape index (κ2) is 6.98. The van der Waals surface area contributed by atoms with E-state index in [2.05, 4.69) is 23.0 Å². The van der Waals surface area contributed by atoms with Crippen LogP contribution >= 0.6 is 0 Å². The van der Waals surface area contributed by atoms with E-state index in [4.69, 9.17) is 10.5 Å². The van der Waals surface area contributed by atoms with Gasteiger partial charge in [0.2, 0.25) is 0 Å². The van der Waals surface area contributed by atoms with Gasteiger partial charge in [-0.3, -0.25) is 9.19 Å². The number of pyridine rings is 1. The predicted molar refractivity (Wildman–Crippen MR) is 111 cm³/mol. The fraction of sp³-hybridized carbons (Fsp3) is 0.286. The zero-order chi connectivity index (χ0) is 19.9. The summed E-state index contributed by atoms with van der Waals surface area (Å²) in [7, 11) is 0.292. The van der Waals surface area contributed by atoms with Crippen molar-refractivity contribution in [2.24, 2.45) is 11.7 Å². The van der Waals surface area contributed by atoms with Crippen molar-refractivity contribution in [2.45, 2.75) is 24.6 Å². The third-order valence-electron chi connectivity index (χ3n) is 5.49. The number of methoxy groups -OCH3 is 1. The Morgan fingerprint density at radius 3 is 2.93 bits per heavy atom. The van der Waals surface area contributed by atoms with Crippen LogP contribution in [0.25, 0.3) is 5.70 Å². The van der Waals surface area contributed by atoms with E-state index in [1.54, 1.807) is 19.4 Å². The molecule has 1 fully saturated rings. The van der Waals surface area contributed by atoms with Crippen molar-refractivity contribution in [3.05, 3.63) is 77.5 Å². The average Bonchev–Trinajstić information content (AvgIpc) is 3.13. The molecule has 0 saturated heterocycles. The third-order valence-corrected chi connectivity index (χ3v) is 6.68. The molecule has 6 nitrogen and oxygen atoms in total. The molecule has 2 heterocycles. The van der Waals surface area contributed by atoms with E-state index in [9.17, 15) is 4.21 Å². The van der Waals surface area contributed by atoms with Gasteiger partial charge in [-0.2, -0.15) is 0 Å². The Hall–Kier alpha value is -2.80. The summed E-state index contributed by atoms with van der Waals surface area (Å²) in [6.07, 6.45) is 10.7. The molecule has 0 spiro atoms. The number of aromatic nitrogens is 2. The summed E-state index contributed by atoms with van der Waals surface area (Å²) in [5.74, 6) is 1.29. The first-order valence-electron chi connectivity index (χ1n) is 9.11. The molecule has 0 aliphatic heterocycles. The molecule has 0 aromatic carbocycles. The number of nitrogens with one attached hydrogen (secondary N) is 1. The predicted octanol–water partition coefficient (Wildman–Crippen LogP) is 2.67. The minimum atomic E-state index is -1.32. The van der Waals surface area contributed by atoms with Crippen LogP contribution in [-0.4, -0.2) is 26.4 Å². The molecule has 146 valence electrons. The van der Waals surface area contributed by atoms with Crippen molar-refractivity contribution in [3.63, 3.8) is 0 Å². The Morgan fingerprint density at radius 1 is 1.50 bits per heavy atom. The van der Waals surface area contributed by atoms with Gasteiger partial charge in [-0.25, -0.2) is 0 Å². The van der Waals surface area contributed by atoms with Crippen LogP contribution in [0.5, 0.6) is 5.75 Å². The second-order valence-corrected chi connectivity index (χ2v) is 8.66. The standard InChI is InChI=1S/C21H24N4O2S/c1-14-18(23-7-6-19(14)27-3)13-28(26)15(2)24-21-12-16(21)10-17(11-20(21)22)25-8-4-5-9-25/h4-11,16,24H,2,12-13,22H2,1,3H3. The van der Waals surface area contributed by atoms with E-state index in [-0.39, 0.29) is 17.2 Å². The first kappa shape index (κ1) is 18.6. The van der Waals surface area contributed by atoms with Gasteiger partial charge in [0, 0.05) is 41.5 Å². The van der Waals surface area contributed by atoms with Gasteiger partial charge in [-0.1, -0.05) is 12.7 Å². The largest absolute Gasteiger partial charge is 0.496 e. The van der Waals surface area contributed by atoms with Gasteiger partial charge in [0.05, 0.1) is 39.9 Å². The summed E-state index contributed by atoms with van der Waals surface area (Å²) in [5.41, 5.74) is 9.46. The number of hydrogen-bond acceptors (Lipinski definition) is 5. The molecule has 1 saturated carbocycles. The van der Waals surface area contributed by atoms with Gasteiger partial charge in [0.1, 0.15) is 5.75 Å².